The predicted octanol–water partition coefficient (Wildman–Crippen LogP) is 5.09. The fourth-order valence-electron chi connectivity index (χ4n) is 3.18. The van der Waals surface area contributed by atoms with Crippen molar-refractivity contribution in [1.82, 2.24) is 5.32 Å². The van der Waals surface area contributed by atoms with Crippen LogP contribution in [0.15, 0.2) is 72.8 Å². The van der Waals surface area contributed by atoms with Gasteiger partial charge >= 0.3 is 5.97 Å². The molecule has 3 rings (SSSR count). The summed E-state index contributed by atoms with van der Waals surface area (Å²) in [5.41, 5.74) is 3.73. The van der Waals surface area contributed by atoms with E-state index in [0.717, 1.165) is 5.56 Å². The molecule has 3 aromatic rings. The number of rotatable bonds is 6. The van der Waals surface area contributed by atoms with Crippen LogP contribution in [0.4, 0.5) is 5.69 Å². The molecule has 0 unspecified atom stereocenters. The zero-order valence-electron chi connectivity index (χ0n) is 19.3. The van der Waals surface area contributed by atoms with Gasteiger partial charge in [0.1, 0.15) is 5.75 Å². The predicted molar refractivity (Wildman–Crippen MR) is 128 cm³/mol. The fourth-order valence-corrected chi connectivity index (χ4v) is 3.18. The van der Waals surface area contributed by atoms with Gasteiger partial charge in [-0.2, -0.15) is 0 Å². The number of ether oxygens (including phenoxy) is 1. The summed E-state index contributed by atoms with van der Waals surface area (Å²) >= 11 is 0. The maximum absolute atomic E-state index is 12.5. The van der Waals surface area contributed by atoms with E-state index in [9.17, 15) is 14.4 Å². The van der Waals surface area contributed by atoms with Gasteiger partial charge in [-0.1, -0.05) is 51.1 Å². The first-order valence-corrected chi connectivity index (χ1v) is 10.7. The maximum Gasteiger partial charge on any atom is 0.308 e. The Kier molecular flexibility index (Phi) is 7.28. The summed E-state index contributed by atoms with van der Waals surface area (Å²) in [7, 11) is 0. The van der Waals surface area contributed by atoms with E-state index >= 15 is 0 Å². The Labute approximate surface area is 194 Å². The second kappa shape index (κ2) is 10.1. The Morgan fingerprint density at radius 2 is 1.48 bits per heavy atom. The molecule has 3 aromatic carbocycles. The Morgan fingerprint density at radius 3 is 2.09 bits per heavy atom. The van der Waals surface area contributed by atoms with Crippen molar-refractivity contribution in [1.29, 1.82) is 0 Å². The van der Waals surface area contributed by atoms with Crippen LogP contribution in [0.25, 0.3) is 0 Å². The molecule has 0 spiro atoms. The molecule has 2 N–H and O–H groups in total. The molecule has 0 aliphatic rings. The number of anilines is 1. The van der Waals surface area contributed by atoms with Crippen LogP contribution in [0.3, 0.4) is 0 Å². The lowest BCUT2D eigenvalue weighted by Gasteiger charge is -2.19. The highest BCUT2D eigenvalue weighted by Crippen LogP contribution is 2.22. The van der Waals surface area contributed by atoms with Gasteiger partial charge in [-0.05, 0) is 59.0 Å². The number of esters is 1. The molecule has 0 atom stereocenters. The molecule has 170 valence electrons. The Balaban J connectivity index is 1.55. The molecule has 0 bridgehead atoms. The van der Waals surface area contributed by atoms with Crippen molar-refractivity contribution in [2.45, 2.75) is 39.7 Å². The third-order valence-corrected chi connectivity index (χ3v) is 5.04. The zero-order valence-corrected chi connectivity index (χ0v) is 19.3. The molecule has 0 saturated carbocycles. The molecule has 0 heterocycles. The first-order valence-electron chi connectivity index (χ1n) is 10.7. The number of hydrogen-bond acceptors (Lipinski definition) is 4. The molecule has 0 saturated heterocycles. The van der Waals surface area contributed by atoms with Crippen LogP contribution in [0.5, 0.6) is 5.75 Å². The van der Waals surface area contributed by atoms with Crippen LogP contribution in [0, 0.1) is 0 Å². The van der Waals surface area contributed by atoms with Crippen molar-refractivity contribution in [3.05, 3.63) is 95.1 Å². The second-order valence-corrected chi connectivity index (χ2v) is 8.78. The average molecular weight is 445 g/mol. The Hall–Kier alpha value is -3.93. The maximum atomic E-state index is 12.5. The van der Waals surface area contributed by atoms with E-state index in [0.29, 0.717) is 29.1 Å². The smallest absolute Gasteiger partial charge is 0.308 e. The summed E-state index contributed by atoms with van der Waals surface area (Å²) in [5.74, 6) is -0.587. The summed E-state index contributed by atoms with van der Waals surface area (Å²) in [5, 5.41) is 5.72. The van der Waals surface area contributed by atoms with E-state index in [4.69, 9.17) is 4.74 Å². The molecule has 6 heteroatoms. The van der Waals surface area contributed by atoms with E-state index in [1.54, 1.807) is 30.3 Å². The molecule has 0 radical (unpaired) electrons. The minimum Gasteiger partial charge on any atom is -0.427 e. The normalized spacial score (nSPS) is 10.9. The van der Waals surface area contributed by atoms with Gasteiger partial charge in [0.25, 0.3) is 11.8 Å². The van der Waals surface area contributed by atoms with Gasteiger partial charge in [0, 0.05) is 30.3 Å². The molecule has 0 aliphatic carbocycles. The van der Waals surface area contributed by atoms with Crippen molar-refractivity contribution in [3.63, 3.8) is 0 Å². The number of hydrogen-bond donors (Lipinski definition) is 2. The molecule has 0 aliphatic heterocycles. The number of carbonyl (C=O) groups excluding carboxylic acids is 3. The summed E-state index contributed by atoms with van der Waals surface area (Å²) in [6.07, 6.45) is 0. The highest BCUT2D eigenvalue weighted by atomic mass is 16.5. The topological polar surface area (TPSA) is 84.5 Å². The van der Waals surface area contributed by atoms with Crippen molar-refractivity contribution in [2.24, 2.45) is 0 Å². The lowest BCUT2D eigenvalue weighted by molar-refractivity contribution is -0.131. The quantitative estimate of drug-likeness (QED) is 0.410. The highest BCUT2D eigenvalue weighted by Gasteiger charge is 2.14. The average Bonchev–Trinajstić information content (AvgIpc) is 2.77. The monoisotopic (exact) mass is 444 g/mol. The Bertz CT molecular complexity index is 1140. The van der Waals surface area contributed by atoms with Gasteiger partial charge in [-0.3, -0.25) is 14.4 Å². The summed E-state index contributed by atoms with van der Waals surface area (Å²) < 4.78 is 5.02. The van der Waals surface area contributed by atoms with Crippen LogP contribution in [0.1, 0.15) is 59.5 Å². The van der Waals surface area contributed by atoms with Gasteiger partial charge < -0.3 is 15.4 Å². The highest BCUT2D eigenvalue weighted by molar-refractivity contribution is 6.04. The lowest BCUT2D eigenvalue weighted by Crippen LogP contribution is -2.23. The largest absolute Gasteiger partial charge is 0.427 e. The minimum atomic E-state index is -0.447. The first-order chi connectivity index (χ1) is 15.6. The first kappa shape index (κ1) is 23.7. The third kappa shape index (κ3) is 6.77. The standard InChI is InChI=1S/C27H28N2O4/c1-18(30)33-24-7-5-6-21(16-24)26(32)29-23-14-8-19(9-15-23)17-28-25(31)20-10-12-22(13-11-20)27(2,3)4/h5-16H,17H2,1-4H3,(H,28,31)(H,29,32). The van der Waals surface area contributed by atoms with Crippen LogP contribution < -0.4 is 15.4 Å². The minimum absolute atomic E-state index is 0.0390. The van der Waals surface area contributed by atoms with E-state index in [1.165, 1.54) is 18.6 Å². The van der Waals surface area contributed by atoms with Crippen LogP contribution in [-0.2, 0) is 16.8 Å². The molecule has 0 aromatic heterocycles. The SMILES string of the molecule is CC(=O)Oc1cccc(C(=O)Nc2ccc(CNC(=O)c3ccc(C(C)(C)C)cc3)cc2)c1. The van der Waals surface area contributed by atoms with E-state index in [2.05, 4.69) is 31.4 Å². The second-order valence-electron chi connectivity index (χ2n) is 8.78. The van der Waals surface area contributed by atoms with E-state index in [1.807, 2.05) is 36.4 Å². The van der Waals surface area contributed by atoms with E-state index < -0.39 is 5.97 Å². The summed E-state index contributed by atoms with van der Waals surface area (Å²) in [6, 6.07) is 21.3. The van der Waals surface area contributed by atoms with Crippen LogP contribution in [-0.4, -0.2) is 17.8 Å². The number of benzene rings is 3. The molecular weight excluding hydrogens is 416 g/mol. The van der Waals surface area contributed by atoms with Gasteiger partial charge in [-0.15, -0.1) is 0 Å². The lowest BCUT2D eigenvalue weighted by atomic mass is 9.87. The number of nitrogens with one attached hydrogen (secondary N) is 2. The molecular formula is C27H28N2O4. The van der Waals surface area contributed by atoms with Crippen molar-refractivity contribution >= 4 is 23.5 Å². The van der Waals surface area contributed by atoms with Crippen molar-refractivity contribution in [2.75, 3.05) is 5.32 Å². The zero-order chi connectivity index (χ0) is 24.0. The Morgan fingerprint density at radius 1 is 0.818 bits per heavy atom. The van der Waals surface area contributed by atoms with Crippen LogP contribution in [0.2, 0.25) is 0 Å². The molecule has 33 heavy (non-hydrogen) atoms. The van der Waals surface area contributed by atoms with E-state index in [-0.39, 0.29) is 17.2 Å². The van der Waals surface area contributed by atoms with Crippen molar-refractivity contribution in [3.8, 4) is 5.75 Å². The van der Waals surface area contributed by atoms with Crippen LogP contribution >= 0.6 is 0 Å². The van der Waals surface area contributed by atoms with Gasteiger partial charge in [0.2, 0.25) is 0 Å². The molecule has 6 nitrogen and oxygen atoms in total. The summed E-state index contributed by atoms with van der Waals surface area (Å²) in [6.45, 7) is 8.08. The number of amides is 2. The van der Waals surface area contributed by atoms with Gasteiger partial charge in [0.05, 0.1) is 0 Å². The summed E-state index contributed by atoms with van der Waals surface area (Å²) in [4.78, 5) is 36.0. The van der Waals surface area contributed by atoms with Crippen molar-refractivity contribution < 1.29 is 19.1 Å². The third-order valence-electron chi connectivity index (χ3n) is 5.04. The fraction of sp³-hybridized carbons (Fsp3) is 0.222. The molecule has 0 fully saturated rings. The van der Waals surface area contributed by atoms with Gasteiger partial charge in [0.15, 0.2) is 0 Å². The van der Waals surface area contributed by atoms with Gasteiger partial charge in [-0.25, -0.2) is 0 Å². The molecule has 2 amide bonds. The number of carbonyl (C=O) groups is 3.